The number of H-pyrrole nitrogens is 1. The fourth-order valence-electron chi connectivity index (χ4n) is 2.82. The number of hydrogen-bond donors (Lipinski definition) is 2. The molecule has 0 fully saturated rings. The van der Waals surface area contributed by atoms with Gasteiger partial charge in [0.25, 0.3) is 0 Å². The summed E-state index contributed by atoms with van der Waals surface area (Å²) in [5.74, 6) is 0.0138. The molecule has 0 aliphatic rings. The second kappa shape index (κ2) is 7.65. The Kier molecular flexibility index (Phi) is 5.32. The largest absolute Gasteiger partial charge is 0.364 e. The molecular weight excluding hydrogens is 337 g/mol. The van der Waals surface area contributed by atoms with Gasteiger partial charge in [0, 0.05) is 11.7 Å². The summed E-state index contributed by atoms with van der Waals surface area (Å²) in [5.41, 5.74) is 3.27. The van der Waals surface area contributed by atoms with Crippen LogP contribution in [0.2, 0.25) is 0 Å². The van der Waals surface area contributed by atoms with E-state index < -0.39 is 0 Å². The maximum atomic E-state index is 13.2. The van der Waals surface area contributed by atoms with Crippen molar-refractivity contribution in [3.63, 3.8) is 0 Å². The van der Waals surface area contributed by atoms with Gasteiger partial charge in [0.1, 0.15) is 24.9 Å². The Balaban J connectivity index is 1.45. The molecule has 138 valence electrons. The number of aryl methyl sites for hydroxylation is 2. The van der Waals surface area contributed by atoms with Crippen molar-refractivity contribution in [2.75, 3.05) is 6.61 Å². The van der Waals surface area contributed by atoms with Crippen molar-refractivity contribution in [1.29, 1.82) is 0 Å². The lowest BCUT2D eigenvalue weighted by molar-refractivity contribution is -0.126. The Morgan fingerprint density at radius 3 is 2.92 bits per heavy atom. The van der Waals surface area contributed by atoms with E-state index in [1.54, 1.807) is 6.07 Å². The summed E-state index contributed by atoms with van der Waals surface area (Å²) in [6, 6.07) is 6.25. The number of rotatable bonds is 7. The minimum atomic E-state index is -0.329. The molecule has 0 aliphatic carbocycles. The second-order valence-corrected chi connectivity index (χ2v) is 6.42. The van der Waals surface area contributed by atoms with Crippen LogP contribution in [0.3, 0.4) is 0 Å². The fraction of sp³-hybridized carbons (Fsp3) is 0.389. The van der Waals surface area contributed by atoms with Gasteiger partial charge in [-0.25, -0.2) is 9.37 Å². The SMILES string of the molecule is Cc1cc(C)n(C[C@@H](C)NC(=O)COCc2nc3ccc(F)cc3[nH]2)n1. The third-order valence-corrected chi connectivity index (χ3v) is 3.92. The number of imidazole rings is 1. The van der Waals surface area contributed by atoms with Crippen molar-refractivity contribution < 1.29 is 13.9 Å². The standard InChI is InChI=1S/C18H22FN5O2/c1-11-6-13(3)24(23-11)8-12(2)20-18(25)10-26-9-17-21-15-5-4-14(19)7-16(15)22-17/h4-7,12H,8-10H2,1-3H3,(H,20,25)(H,21,22)/t12-/m1/s1. The Labute approximate surface area is 150 Å². The molecule has 2 aromatic heterocycles. The van der Waals surface area contributed by atoms with E-state index in [9.17, 15) is 9.18 Å². The molecule has 26 heavy (non-hydrogen) atoms. The molecule has 8 heteroatoms. The van der Waals surface area contributed by atoms with Crippen molar-refractivity contribution in [2.45, 2.75) is 40.0 Å². The van der Waals surface area contributed by atoms with Crippen molar-refractivity contribution in [3.05, 3.63) is 47.3 Å². The number of aromatic amines is 1. The van der Waals surface area contributed by atoms with Crippen LogP contribution in [0.5, 0.6) is 0 Å². The minimum Gasteiger partial charge on any atom is -0.364 e. The molecule has 0 spiro atoms. The number of halogens is 1. The van der Waals surface area contributed by atoms with Crippen LogP contribution in [0.25, 0.3) is 11.0 Å². The lowest BCUT2D eigenvalue weighted by Crippen LogP contribution is -2.38. The van der Waals surface area contributed by atoms with Gasteiger partial charge in [-0.15, -0.1) is 0 Å². The first-order valence-electron chi connectivity index (χ1n) is 8.43. The predicted octanol–water partition coefficient (Wildman–Crippen LogP) is 2.24. The van der Waals surface area contributed by atoms with E-state index in [1.165, 1.54) is 12.1 Å². The predicted molar refractivity (Wildman–Crippen MR) is 95.0 cm³/mol. The van der Waals surface area contributed by atoms with Crippen molar-refractivity contribution >= 4 is 16.9 Å². The molecule has 2 N–H and O–H groups in total. The third-order valence-electron chi connectivity index (χ3n) is 3.92. The van der Waals surface area contributed by atoms with E-state index >= 15 is 0 Å². The Morgan fingerprint density at radius 1 is 1.38 bits per heavy atom. The Bertz CT molecular complexity index is 918. The van der Waals surface area contributed by atoms with Crippen LogP contribution >= 0.6 is 0 Å². The van der Waals surface area contributed by atoms with Gasteiger partial charge < -0.3 is 15.0 Å². The van der Waals surface area contributed by atoms with Crippen LogP contribution in [-0.2, 0) is 22.7 Å². The molecule has 0 saturated carbocycles. The van der Waals surface area contributed by atoms with E-state index in [4.69, 9.17) is 4.74 Å². The van der Waals surface area contributed by atoms with Crippen LogP contribution < -0.4 is 5.32 Å². The lowest BCUT2D eigenvalue weighted by Gasteiger charge is -2.15. The quantitative estimate of drug-likeness (QED) is 0.677. The highest BCUT2D eigenvalue weighted by Crippen LogP contribution is 2.13. The number of nitrogens with one attached hydrogen (secondary N) is 2. The first-order chi connectivity index (χ1) is 12.4. The van der Waals surface area contributed by atoms with Crippen LogP contribution in [0.15, 0.2) is 24.3 Å². The average Bonchev–Trinajstić information content (AvgIpc) is 3.09. The molecule has 1 amide bonds. The Hall–Kier alpha value is -2.74. The van der Waals surface area contributed by atoms with Gasteiger partial charge in [-0.2, -0.15) is 5.10 Å². The molecule has 3 aromatic rings. The molecule has 7 nitrogen and oxygen atoms in total. The van der Waals surface area contributed by atoms with Gasteiger partial charge in [-0.05, 0) is 45.0 Å². The summed E-state index contributed by atoms with van der Waals surface area (Å²) < 4.78 is 20.4. The number of fused-ring (bicyclic) bond motifs is 1. The highest BCUT2D eigenvalue weighted by molar-refractivity contribution is 5.77. The highest BCUT2D eigenvalue weighted by atomic mass is 19.1. The monoisotopic (exact) mass is 359 g/mol. The minimum absolute atomic E-state index is 0.0710. The van der Waals surface area contributed by atoms with E-state index in [0.29, 0.717) is 23.4 Å². The molecule has 1 atom stereocenters. The van der Waals surface area contributed by atoms with E-state index in [0.717, 1.165) is 11.4 Å². The summed E-state index contributed by atoms with van der Waals surface area (Å²) in [5, 5.41) is 7.26. The summed E-state index contributed by atoms with van der Waals surface area (Å²) >= 11 is 0. The highest BCUT2D eigenvalue weighted by Gasteiger charge is 2.11. The van der Waals surface area contributed by atoms with Crippen molar-refractivity contribution in [1.82, 2.24) is 25.1 Å². The Morgan fingerprint density at radius 2 is 2.19 bits per heavy atom. The number of carbonyl (C=O) groups excluding carboxylic acids is 1. The second-order valence-electron chi connectivity index (χ2n) is 6.42. The van der Waals surface area contributed by atoms with E-state index in [-0.39, 0.29) is 31.0 Å². The maximum absolute atomic E-state index is 13.2. The zero-order chi connectivity index (χ0) is 18.7. The van der Waals surface area contributed by atoms with Gasteiger partial charge in [0.2, 0.25) is 5.91 Å². The molecular formula is C18H22FN5O2. The molecule has 2 heterocycles. The molecule has 0 bridgehead atoms. The number of amides is 1. The van der Waals surface area contributed by atoms with Gasteiger partial charge in [0.05, 0.1) is 23.3 Å². The molecule has 0 saturated heterocycles. The first-order valence-corrected chi connectivity index (χ1v) is 8.43. The van der Waals surface area contributed by atoms with Crippen LogP contribution in [0.4, 0.5) is 4.39 Å². The normalized spacial score (nSPS) is 12.5. The van der Waals surface area contributed by atoms with Crippen LogP contribution in [-0.4, -0.2) is 38.3 Å². The van der Waals surface area contributed by atoms with Crippen molar-refractivity contribution in [3.8, 4) is 0 Å². The topological polar surface area (TPSA) is 84.8 Å². The average molecular weight is 359 g/mol. The van der Waals surface area contributed by atoms with Gasteiger partial charge in [0.15, 0.2) is 0 Å². The number of nitrogens with zero attached hydrogens (tertiary/aromatic N) is 3. The zero-order valence-corrected chi connectivity index (χ0v) is 15.0. The van der Waals surface area contributed by atoms with Gasteiger partial charge in [-0.3, -0.25) is 9.48 Å². The molecule has 0 radical (unpaired) electrons. The summed E-state index contributed by atoms with van der Waals surface area (Å²) in [6.45, 7) is 6.51. The van der Waals surface area contributed by atoms with Gasteiger partial charge in [-0.1, -0.05) is 0 Å². The molecule has 3 rings (SSSR count). The zero-order valence-electron chi connectivity index (χ0n) is 15.0. The first kappa shape index (κ1) is 18.1. The number of hydrogen-bond acceptors (Lipinski definition) is 4. The van der Waals surface area contributed by atoms with Crippen LogP contribution in [0, 0.1) is 19.7 Å². The summed E-state index contributed by atoms with van der Waals surface area (Å²) in [4.78, 5) is 19.3. The number of carbonyl (C=O) groups is 1. The summed E-state index contributed by atoms with van der Waals surface area (Å²) in [7, 11) is 0. The summed E-state index contributed by atoms with van der Waals surface area (Å²) in [6.07, 6.45) is 0. The van der Waals surface area contributed by atoms with E-state index in [1.807, 2.05) is 31.5 Å². The number of benzene rings is 1. The molecule has 0 aliphatic heterocycles. The van der Waals surface area contributed by atoms with E-state index in [2.05, 4.69) is 20.4 Å². The lowest BCUT2D eigenvalue weighted by atomic mass is 10.3. The smallest absolute Gasteiger partial charge is 0.246 e. The number of aromatic nitrogens is 4. The number of ether oxygens (including phenoxy) is 1. The molecule has 0 unspecified atom stereocenters. The fourth-order valence-corrected chi connectivity index (χ4v) is 2.82. The maximum Gasteiger partial charge on any atom is 0.246 e. The van der Waals surface area contributed by atoms with Crippen LogP contribution in [0.1, 0.15) is 24.1 Å². The van der Waals surface area contributed by atoms with Gasteiger partial charge >= 0.3 is 0 Å². The third kappa shape index (κ3) is 4.45. The molecule has 1 aromatic carbocycles. The van der Waals surface area contributed by atoms with Crippen molar-refractivity contribution in [2.24, 2.45) is 0 Å².